The van der Waals surface area contributed by atoms with E-state index in [9.17, 15) is 13.2 Å². The lowest BCUT2D eigenvalue weighted by Gasteiger charge is -2.29. The lowest BCUT2D eigenvalue weighted by molar-refractivity contribution is -0.137. The lowest BCUT2D eigenvalue weighted by Crippen LogP contribution is -2.44. The minimum Gasteiger partial charge on any atom is -0.351 e. The summed E-state index contributed by atoms with van der Waals surface area (Å²) in [5.41, 5.74) is -0.139. The average Bonchev–Trinajstić information content (AvgIpc) is 2.56. The van der Waals surface area contributed by atoms with Crippen molar-refractivity contribution in [3.8, 4) is 0 Å². The minimum absolute atomic E-state index is 0.536. The molecule has 1 aromatic carbocycles. The van der Waals surface area contributed by atoms with E-state index in [-0.39, 0.29) is 0 Å². The predicted octanol–water partition coefficient (Wildman–Crippen LogP) is 2.65. The molecular formula is C15H16F3N5. The largest absolute Gasteiger partial charge is 0.416 e. The highest BCUT2D eigenvalue weighted by Gasteiger charge is 2.30. The summed E-state index contributed by atoms with van der Waals surface area (Å²) in [5.74, 6) is 1.24. The van der Waals surface area contributed by atoms with Gasteiger partial charge in [-0.1, -0.05) is 0 Å². The second-order valence-corrected chi connectivity index (χ2v) is 5.17. The van der Waals surface area contributed by atoms with Gasteiger partial charge in [0.1, 0.15) is 0 Å². The molecule has 1 aromatic heterocycles. The van der Waals surface area contributed by atoms with Crippen molar-refractivity contribution in [2.45, 2.75) is 6.18 Å². The first-order chi connectivity index (χ1) is 11.0. The van der Waals surface area contributed by atoms with Crippen molar-refractivity contribution in [1.29, 1.82) is 0 Å². The van der Waals surface area contributed by atoms with Gasteiger partial charge in [0.2, 0.25) is 0 Å². The maximum atomic E-state index is 12.6. The summed E-state index contributed by atoms with van der Waals surface area (Å²) >= 11 is 0. The molecule has 0 spiro atoms. The molecule has 0 radical (unpaired) electrons. The Morgan fingerprint density at radius 3 is 2.30 bits per heavy atom. The van der Waals surface area contributed by atoms with Gasteiger partial charge in [-0.15, -0.1) is 0 Å². The molecule has 2 aromatic rings. The summed E-state index contributed by atoms with van der Waals surface area (Å²) in [6.45, 7) is 3.33. The van der Waals surface area contributed by atoms with E-state index in [0.717, 1.165) is 38.3 Å². The normalized spacial score (nSPS) is 15.5. The van der Waals surface area contributed by atoms with Crippen molar-refractivity contribution in [2.75, 3.05) is 36.4 Å². The van der Waals surface area contributed by atoms with Crippen molar-refractivity contribution < 1.29 is 13.2 Å². The van der Waals surface area contributed by atoms with Gasteiger partial charge in [-0.3, -0.25) is 0 Å². The number of piperazine rings is 1. The van der Waals surface area contributed by atoms with Crippen LogP contribution >= 0.6 is 0 Å². The monoisotopic (exact) mass is 323 g/mol. The molecule has 23 heavy (non-hydrogen) atoms. The summed E-state index contributed by atoms with van der Waals surface area (Å²) in [5, 5.41) is 6.30. The maximum Gasteiger partial charge on any atom is 0.416 e. The van der Waals surface area contributed by atoms with Gasteiger partial charge in [0.05, 0.1) is 5.56 Å². The molecular weight excluding hydrogens is 307 g/mol. The van der Waals surface area contributed by atoms with Crippen LogP contribution in [-0.2, 0) is 6.18 Å². The smallest absolute Gasteiger partial charge is 0.351 e. The molecule has 5 nitrogen and oxygen atoms in total. The van der Waals surface area contributed by atoms with E-state index >= 15 is 0 Å². The summed E-state index contributed by atoms with van der Waals surface area (Å²) in [4.78, 5) is 10.7. The first-order valence-corrected chi connectivity index (χ1v) is 7.25. The Morgan fingerprint density at radius 1 is 1.00 bits per heavy atom. The van der Waals surface area contributed by atoms with Gasteiger partial charge < -0.3 is 15.5 Å². The molecule has 2 heterocycles. The van der Waals surface area contributed by atoms with Crippen LogP contribution < -0.4 is 15.5 Å². The van der Waals surface area contributed by atoms with E-state index in [0.29, 0.717) is 17.3 Å². The third kappa shape index (κ3) is 3.70. The van der Waals surface area contributed by atoms with Crippen molar-refractivity contribution in [3.63, 3.8) is 0 Å². The molecule has 0 unspecified atom stereocenters. The number of anilines is 3. The van der Waals surface area contributed by atoms with Crippen LogP contribution in [0.15, 0.2) is 36.7 Å². The minimum atomic E-state index is -4.34. The Hall–Kier alpha value is -2.35. The number of alkyl halides is 3. The number of nitrogens with zero attached hydrogens (tertiary/aromatic N) is 3. The maximum absolute atomic E-state index is 12.6. The third-order valence-corrected chi connectivity index (χ3v) is 3.57. The Balaban J connectivity index is 1.80. The highest BCUT2D eigenvalue weighted by molar-refractivity contribution is 5.68. The van der Waals surface area contributed by atoms with Crippen LogP contribution in [0.25, 0.3) is 0 Å². The highest BCUT2D eigenvalue weighted by atomic mass is 19.4. The fraction of sp³-hybridized carbons (Fsp3) is 0.333. The number of hydrogen-bond donors (Lipinski definition) is 2. The zero-order chi connectivity index (χ0) is 16.3. The molecule has 0 atom stereocenters. The number of halogens is 3. The summed E-state index contributed by atoms with van der Waals surface area (Å²) < 4.78 is 37.8. The Labute approximate surface area is 131 Å². The van der Waals surface area contributed by atoms with Crippen LogP contribution in [0.5, 0.6) is 0 Å². The molecule has 122 valence electrons. The van der Waals surface area contributed by atoms with Crippen LogP contribution in [0.1, 0.15) is 5.56 Å². The molecule has 1 aliphatic heterocycles. The van der Waals surface area contributed by atoms with Crippen molar-refractivity contribution in [3.05, 3.63) is 42.2 Å². The molecule has 8 heteroatoms. The molecule has 1 saturated heterocycles. The van der Waals surface area contributed by atoms with Crippen LogP contribution in [0.3, 0.4) is 0 Å². The van der Waals surface area contributed by atoms with Crippen LogP contribution in [0, 0.1) is 0 Å². The number of rotatable bonds is 3. The third-order valence-electron chi connectivity index (χ3n) is 3.57. The van der Waals surface area contributed by atoms with Crippen LogP contribution in [0.2, 0.25) is 0 Å². The van der Waals surface area contributed by atoms with E-state index in [1.54, 1.807) is 12.4 Å². The molecule has 3 rings (SSSR count). The predicted molar refractivity (Wildman–Crippen MR) is 81.8 cm³/mol. The quantitative estimate of drug-likeness (QED) is 0.909. The van der Waals surface area contributed by atoms with Gasteiger partial charge in [-0.2, -0.15) is 13.2 Å². The first kappa shape index (κ1) is 15.5. The van der Waals surface area contributed by atoms with E-state index in [2.05, 4.69) is 25.5 Å². The SMILES string of the molecule is FC(F)(F)c1ccc(Nc2nccnc2N2CCNCC2)cc1. The van der Waals surface area contributed by atoms with E-state index in [1.165, 1.54) is 12.1 Å². The fourth-order valence-corrected chi connectivity index (χ4v) is 2.41. The Kier molecular flexibility index (Phi) is 4.33. The van der Waals surface area contributed by atoms with Gasteiger partial charge >= 0.3 is 6.18 Å². The highest BCUT2D eigenvalue weighted by Crippen LogP contribution is 2.31. The van der Waals surface area contributed by atoms with Crippen molar-refractivity contribution >= 4 is 17.3 Å². The first-order valence-electron chi connectivity index (χ1n) is 7.25. The molecule has 0 saturated carbocycles. The molecule has 1 fully saturated rings. The fourth-order valence-electron chi connectivity index (χ4n) is 2.41. The second kappa shape index (κ2) is 6.41. The average molecular weight is 323 g/mol. The van der Waals surface area contributed by atoms with Gasteiger partial charge in [-0.05, 0) is 24.3 Å². The molecule has 2 N–H and O–H groups in total. The summed E-state index contributed by atoms with van der Waals surface area (Å²) in [7, 11) is 0. The molecule has 1 aliphatic rings. The zero-order valence-electron chi connectivity index (χ0n) is 12.3. The summed E-state index contributed by atoms with van der Waals surface area (Å²) in [6.07, 6.45) is -1.18. The van der Waals surface area contributed by atoms with Crippen molar-refractivity contribution in [2.24, 2.45) is 0 Å². The van der Waals surface area contributed by atoms with Gasteiger partial charge in [0.15, 0.2) is 11.6 Å². The van der Waals surface area contributed by atoms with Crippen molar-refractivity contribution in [1.82, 2.24) is 15.3 Å². The summed E-state index contributed by atoms with van der Waals surface area (Å²) in [6, 6.07) is 4.87. The zero-order valence-corrected chi connectivity index (χ0v) is 12.3. The Morgan fingerprint density at radius 2 is 1.65 bits per heavy atom. The number of benzene rings is 1. The van der Waals surface area contributed by atoms with Gasteiger partial charge in [-0.25, -0.2) is 9.97 Å². The number of nitrogens with one attached hydrogen (secondary N) is 2. The van der Waals surface area contributed by atoms with E-state index < -0.39 is 11.7 Å². The van der Waals surface area contributed by atoms with E-state index in [4.69, 9.17) is 0 Å². The standard InChI is InChI=1S/C15H16F3N5/c16-15(17,18)11-1-3-12(4-2-11)22-13-14(21-6-5-20-13)23-9-7-19-8-10-23/h1-6,19H,7-10H2,(H,20,22). The van der Waals surface area contributed by atoms with Crippen LogP contribution in [-0.4, -0.2) is 36.1 Å². The van der Waals surface area contributed by atoms with Gasteiger partial charge in [0.25, 0.3) is 0 Å². The molecule has 0 bridgehead atoms. The Bertz CT molecular complexity index is 651. The van der Waals surface area contributed by atoms with Crippen LogP contribution in [0.4, 0.5) is 30.5 Å². The molecule has 0 amide bonds. The second-order valence-electron chi connectivity index (χ2n) is 5.17. The lowest BCUT2D eigenvalue weighted by atomic mass is 10.2. The van der Waals surface area contributed by atoms with E-state index in [1.807, 2.05) is 0 Å². The number of aromatic nitrogens is 2. The van der Waals surface area contributed by atoms with Gasteiger partial charge in [0, 0.05) is 44.3 Å². The molecule has 0 aliphatic carbocycles. The topological polar surface area (TPSA) is 53.1 Å². The number of hydrogen-bond acceptors (Lipinski definition) is 5.